The molecule has 1 N–H and O–H groups in total. The molecule has 0 aliphatic carbocycles. The van der Waals surface area contributed by atoms with Crippen molar-refractivity contribution >= 4 is 6.03 Å². The summed E-state index contributed by atoms with van der Waals surface area (Å²) in [4.78, 5) is 14.0. The predicted molar refractivity (Wildman–Crippen MR) is 81.3 cm³/mol. The Bertz CT molecular complexity index is 406. The molecule has 0 spiro atoms. The quantitative estimate of drug-likeness (QED) is 0.787. The number of nitrogens with zero attached hydrogens (tertiary/aromatic N) is 1. The van der Waals surface area contributed by atoms with Crippen molar-refractivity contribution in [3.05, 3.63) is 24.2 Å². The van der Waals surface area contributed by atoms with Gasteiger partial charge in [0.05, 0.1) is 12.4 Å². The summed E-state index contributed by atoms with van der Waals surface area (Å²) < 4.78 is 11.0. The van der Waals surface area contributed by atoms with Crippen LogP contribution >= 0.6 is 0 Å². The highest BCUT2D eigenvalue weighted by atomic mass is 16.5. The van der Waals surface area contributed by atoms with Gasteiger partial charge in [-0.3, -0.25) is 0 Å². The first-order valence-corrected chi connectivity index (χ1v) is 7.96. The third-order valence-corrected chi connectivity index (χ3v) is 3.68. The van der Waals surface area contributed by atoms with Gasteiger partial charge in [-0.15, -0.1) is 0 Å². The van der Waals surface area contributed by atoms with Gasteiger partial charge in [-0.05, 0) is 37.8 Å². The van der Waals surface area contributed by atoms with Gasteiger partial charge < -0.3 is 19.4 Å². The molecule has 0 unspecified atom stereocenters. The van der Waals surface area contributed by atoms with E-state index in [2.05, 4.69) is 12.2 Å². The van der Waals surface area contributed by atoms with Crippen LogP contribution in [0.1, 0.15) is 38.4 Å². The fourth-order valence-corrected chi connectivity index (χ4v) is 2.57. The molecular weight excluding hydrogens is 268 g/mol. The lowest BCUT2D eigenvalue weighted by Gasteiger charge is -2.32. The lowest BCUT2D eigenvalue weighted by molar-refractivity contribution is 0.0101. The summed E-state index contributed by atoms with van der Waals surface area (Å²) in [5.41, 5.74) is 0. The van der Waals surface area contributed by atoms with Crippen molar-refractivity contribution in [2.45, 2.75) is 45.1 Å². The number of aryl methyl sites for hydroxylation is 1. The Kier molecular flexibility index (Phi) is 6.60. The molecule has 118 valence electrons. The van der Waals surface area contributed by atoms with E-state index in [0.29, 0.717) is 13.1 Å². The van der Waals surface area contributed by atoms with Gasteiger partial charge in [0.2, 0.25) is 0 Å². The largest absolute Gasteiger partial charge is 0.469 e. The number of piperidine rings is 1. The molecule has 1 aliphatic rings. The number of urea groups is 1. The Labute approximate surface area is 126 Å². The molecule has 1 aromatic rings. The molecule has 1 atom stereocenters. The van der Waals surface area contributed by atoms with Gasteiger partial charge in [0.1, 0.15) is 5.76 Å². The van der Waals surface area contributed by atoms with Crippen LogP contribution in [0.4, 0.5) is 4.79 Å². The summed E-state index contributed by atoms with van der Waals surface area (Å²) in [6.45, 7) is 5.10. The van der Waals surface area contributed by atoms with E-state index in [1.165, 1.54) is 0 Å². The molecule has 2 rings (SSSR count). The van der Waals surface area contributed by atoms with Crippen molar-refractivity contribution in [3.63, 3.8) is 0 Å². The standard InChI is InChI=1S/C16H26N2O3/c1-2-11-20-15-7-4-10-18(13-15)16(19)17-9-3-6-14-8-5-12-21-14/h5,8,12,15H,2-4,6-7,9-11,13H2,1H3,(H,17,19)/t15-/m0/s1. The first-order chi connectivity index (χ1) is 10.3. The number of furan rings is 1. The summed E-state index contributed by atoms with van der Waals surface area (Å²) in [7, 11) is 0. The fourth-order valence-electron chi connectivity index (χ4n) is 2.57. The molecule has 2 amide bonds. The van der Waals surface area contributed by atoms with E-state index >= 15 is 0 Å². The Morgan fingerprint density at radius 1 is 1.57 bits per heavy atom. The number of carbonyl (C=O) groups is 1. The maximum atomic E-state index is 12.1. The van der Waals surface area contributed by atoms with E-state index in [1.54, 1.807) is 6.26 Å². The summed E-state index contributed by atoms with van der Waals surface area (Å²) in [5, 5.41) is 2.98. The van der Waals surface area contributed by atoms with Crippen LogP contribution in [-0.4, -0.2) is 43.3 Å². The summed E-state index contributed by atoms with van der Waals surface area (Å²) >= 11 is 0. The van der Waals surface area contributed by atoms with Crippen LogP contribution in [0.2, 0.25) is 0 Å². The highest BCUT2D eigenvalue weighted by Crippen LogP contribution is 2.13. The average Bonchev–Trinajstić information content (AvgIpc) is 3.03. The Morgan fingerprint density at radius 3 is 3.24 bits per heavy atom. The van der Waals surface area contributed by atoms with Gasteiger partial charge in [-0.25, -0.2) is 4.79 Å². The second-order valence-corrected chi connectivity index (χ2v) is 5.50. The van der Waals surface area contributed by atoms with Crippen molar-refractivity contribution in [2.75, 3.05) is 26.2 Å². The van der Waals surface area contributed by atoms with Crippen molar-refractivity contribution in [2.24, 2.45) is 0 Å². The van der Waals surface area contributed by atoms with Crippen LogP contribution in [0.3, 0.4) is 0 Å². The van der Waals surface area contributed by atoms with E-state index in [1.807, 2.05) is 17.0 Å². The molecule has 1 aliphatic heterocycles. The number of nitrogens with one attached hydrogen (secondary N) is 1. The Balaban J connectivity index is 1.63. The zero-order valence-corrected chi connectivity index (χ0v) is 12.8. The van der Waals surface area contributed by atoms with Crippen molar-refractivity contribution in [1.82, 2.24) is 10.2 Å². The number of rotatable bonds is 7. The SMILES string of the molecule is CCCO[C@H]1CCCN(C(=O)NCCCc2ccco2)C1. The first kappa shape index (κ1) is 15.9. The summed E-state index contributed by atoms with van der Waals surface area (Å²) in [6.07, 6.45) is 6.73. The molecule has 1 fully saturated rings. The number of amides is 2. The normalized spacial score (nSPS) is 18.7. The molecule has 0 bridgehead atoms. The van der Waals surface area contributed by atoms with Crippen molar-refractivity contribution in [3.8, 4) is 0 Å². The minimum Gasteiger partial charge on any atom is -0.469 e. The fraction of sp³-hybridized carbons (Fsp3) is 0.688. The molecule has 0 saturated carbocycles. The molecule has 21 heavy (non-hydrogen) atoms. The van der Waals surface area contributed by atoms with Crippen LogP contribution in [0.25, 0.3) is 0 Å². The minimum atomic E-state index is 0.0271. The van der Waals surface area contributed by atoms with Crippen molar-refractivity contribution in [1.29, 1.82) is 0 Å². The molecule has 5 nitrogen and oxygen atoms in total. The smallest absolute Gasteiger partial charge is 0.317 e. The number of hydrogen-bond acceptors (Lipinski definition) is 3. The molecule has 1 saturated heterocycles. The lowest BCUT2D eigenvalue weighted by Crippen LogP contribution is -2.48. The van der Waals surface area contributed by atoms with Crippen LogP contribution < -0.4 is 5.32 Å². The Morgan fingerprint density at radius 2 is 2.48 bits per heavy atom. The molecule has 0 aromatic carbocycles. The zero-order chi connectivity index (χ0) is 14.9. The molecular formula is C16H26N2O3. The topological polar surface area (TPSA) is 54.7 Å². The van der Waals surface area contributed by atoms with E-state index in [0.717, 1.165) is 51.0 Å². The second kappa shape index (κ2) is 8.72. The van der Waals surface area contributed by atoms with E-state index in [-0.39, 0.29) is 12.1 Å². The molecule has 2 heterocycles. The number of likely N-dealkylation sites (tertiary alicyclic amines) is 1. The van der Waals surface area contributed by atoms with Crippen LogP contribution in [0.5, 0.6) is 0 Å². The van der Waals surface area contributed by atoms with Gasteiger partial charge in [0.25, 0.3) is 0 Å². The minimum absolute atomic E-state index is 0.0271. The van der Waals surface area contributed by atoms with Gasteiger partial charge in [-0.2, -0.15) is 0 Å². The maximum Gasteiger partial charge on any atom is 0.317 e. The number of hydrogen-bond donors (Lipinski definition) is 1. The van der Waals surface area contributed by atoms with Gasteiger partial charge in [0, 0.05) is 32.7 Å². The second-order valence-electron chi connectivity index (χ2n) is 5.50. The van der Waals surface area contributed by atoms with Crippen LogP contribution in [-0.2, 0) is 11.2 Å². The molecule has 1 aromatic heterocycles. The van der Waals surface area contributed by atoms with E-state index in [9.17, 15) is 4.79 Å². The predicted octanol–water partition coefficient (Wildman–Crippen LogP) is 2.81. The highest BCUT2D eigenvalue weighted by Gasteiger charge is 2.23. The lowest BCUT2D eigenvalue weighted by atomic mass is 10.1. The number of ether oxygens (including phenoxy) is 1. The van der Waals surface area contributed by atoms with Crippen LogP contribution in [0.15, 0.2) is 22.8 Å². The molecule has 5 heteroatoms. The number of carbonyl (C=O) groups excluding carboxylic acids is 1. The highest BCUT2D eigenvalue weighted by molar-refractivity contribution is 5.74. The maximum absolute atomic E-state index is 12.1. The van der Waals surface area contributed by atoms with E-state index in [4.69, 9.17) is 9.15 Å². The first-order valence-electron chi connectivity index (χ1n) is 7.96. The third-order valence-electron chi connectivity index (χ3n) is 3.68. The zero-order valence-electron chi connectivity index (χ0n) is 12.8. The monoisotopic (exact) mass is 294 g/mol. The summed E-state index contributed by atoms with van der Waals surface area (Å²) in [5.74, 6) is 0.968. The van der Waals surface area contributed by atoms with Gasteiger partial charge in [-0.1, -0.05) is 6.92 Å². The van der Waals surface area contributed by atoms with Crippen LogP contribution in [0, 0.1) is 0 Å². The van der Waals surface area contributed by atoms with Gasteiger partial charge >= 0.3 is 6.03 Å². The van der Waals surface area contributed by atoms with Crippen molar-refractivity contribution < 1.29 is 13.9 Å². The molecule has 0 radical (unpaired) electrons. The Hall–Kier alpha value is -1.49. The summed E-state index contributed by atoms with van der Waals surface area (Å²) in [6, 6.07) is 3.87. The van der Waals surface area contributed by atoms with E-state index < -0.39 is 0 Å². The third kappa shape index (κ3) is 5.42. The van der Waals surface area contributed by atoms with Gasteiger partial charge in [0.15, 0.2) is 0 Å². The average molecular weight is 294 g/mol.